The fraction of sp³-hybridized carbons (Fsp3) is 0.769. The van der Waals surface area contributed by atoms with Crippen LogP contribution in [0.5, 0.6) is 0 Å². The highest BCUT2D eigenvalue weighted by atomic mass is 32.1. The minimum atomic E-state index is 0.243. The van der Waals surface area contributed by atoms with Crippen LogP contribution < -0.4 is 5.32 Å². The molecule has 0 radical (unpaired) electrons. The molecular formula is C13H22N2OS. The SMILES string of the molecule is CCNC(C)c1cnc(C(OCC)C2CC2)s1. The first-order valence-electron chi connectivity index (χ1n) is 6.56. The van der Waals surface area contributed by atoms with Gasteiger partial charge in [-0.3, -0.25) is 0 Å². The van der Waals surface area contributed by atoms with Crippen molar-refractivity contribution >= 4 is 11.3 Å². The molecule has 0 saturated heterocycles. The van der Waals surface area contributed by atoms with Crippen molar-refractivity contribution in [3.63, 3.8) is 0 Å². The molecule has 17 heavy (non-hydrogen) atoms. The molecule has 0 bridgehead atoms. The van der Waals surface area contributed by atoms with Crippen LogP contribution in [0.15, 0.2) is 6.20 Å². The Morgan fingerprint density at radius 1 is 1.53 bits per heavy atom. The average Bonchev–Trinajstić information content (AvgIpc) is 3.03. The summed E-state index contributed by atoms with van der Waals surface area (Å²) in [5, 5.41) is 4.58. The Bertz CT molecular complexity index is 349. The summed E-state index contributed by atoms with van der Waals surface area (Å²) in [6.07, 6.45) is 4.83. The topological polar surface area (TPSA) is 34.2 Å². The predicted molar refractivity (Wildman–Crippen MR) is 71.3 cm³/mol. The van der Waals surface area contributed by atoms with Gasteiger partial charge in [-0.05, 0) is 39.2 Å². The van der Waals surface area contributed by atoms with E-state index in [-0.39, 0.29) is 6.10 Å². The van der Waals surface area contributed by atoms with Gasteiger partial charge < -0.3 is 10.1 Å². The zero-order chi connectivity index (χ0) is 12.3. The summed E-state index contributed by atoms with van der Waals surface area (Å²) < 4.78 is 5.83. The summed E-state index contributed by atoms with van der Waals surface area (Å²) in [5.74, 6) is 0.711. The summed E-state index contributed by atoms with van der Waals surface area (Å²) in [6.45, 7) is 8.15. The fourth-order valence-corrected chi connectivity index (χ4v) is 3.12. The normalized spacial score (nSPS) is 19.2. The number of rotatable bonds is 7. The molecule has 1 fully saturated rings. The Hall–Kier alpha value is -0.450. The third kappa shape index (κ3) is 3.27. The van der Waals surface area contributed by atoms with Crippen LogP contribution in [-0.2, 0) is 4.74 Å². The zero-order valence-corrected chi connectivity index (χ0v) is 11.7. The van der Waals surface area contributed by atoms with Gasteiger partial charge in [0.2, 0.25) is 0 Å². The molecule has 2 rings (SSSR count). The monoisotopic (exact) mass is 254 g/mol. The van der Waals surface area contributed by atoms with Gasteiger partial charge in [0.25, 0.3) is 0 Å². The van der Waals surface area contributed by atoms with Crippen molar-refractivity contribution in [2.75, 3.05) is 13.2 Å². The van der Waals surface area contributed by atoms with Crippen molar-refractivity contribution in [3.8, 4) is 0 Å². The van der Waals surface area contributed by atoms with Gasteiger partial charge in [-0.2, -0.15) is 0 Å². The van der Waals surface area contributed by atoms with E-state index in [1.54, 1.807) is 11.3 Å². The molecule has 0 spiro atoms. The molecule has 1 aliphatic rings. The van der Waals surface area contributed by atoms with E-state index in [1.807, 2.05) is 6.20 Å². The molecule has 0 amide bonds. The summed E-state index contributed by atoms with van der Waals surface area (Å²) in [6, 6.07) is 0.396. The second-order valence-corrected chi connectivity index (χ2v) is 5.69. The summed E-state index contributed by atoms with van der Waals surface area (Å²) in [5.41, 5.74) is 0. The molecule has 2 atom stereocenters. The van der Waals surface area contributed by atoms with Gasteiger partial charge >= 0.3 is 0 Å². The van der Waals surface area contributed by atoms with Gasteiger partial charge in [-0.15, -0.1) is 11.3 Å². The van der Waals surface area contributed by atoms with Crippen LogP contribution in [0.25, 0.3) is 0 Å². The third-order valence-corrected chi connectivity index (χ3v) is 4.36. The zero-order valence-electron chi connectivity index (χ0n) is 10.9. The first-order valence-corrected chi connectivity index (χ1v) is 7.38. The Labute approximate surface area is 108 Å². The molecule has 0 aliphatic heterocycles. The first-order chi connectivity index (χ1) is 8.26. The second-order valence-electron chi connectivity index (χ2n) is 4.59. The molecule has 2 unspecified atom stereocenters. The molecule has 1 saturated carbocycles. The standard InChI is InChI=1S/C13H22N2OS/c1-4-14-9(3)11-8-15-13(17-11)12(16-5-2)10-6-7-10/h8-10,12,14H,4-7H2,1-3H3. The number of ether oxygens (including phenoxy) is 1. The van der Waals surface area contributed by atoms with E-state index in [9.17, 15) is 0 Å². The van der Waals surface area contributed by atoms with Crippen molar-refractivity contribution in [1.82, 2.24) is 10.3 Å². The lowest BCUT2D eigenvalue weighted by atomic mass is 10.2. The number of nitrogens with zero attached hydrogens (tertiary/aromatic N) is 1. The summed E-state index contributed by atoms with van der Waals surface area (Å²) in [4.78, 5) is 5.87. The minimum Gasteiger partial charge on any atom is -0.371 e. The number of hydrogen-bond acceptors (Lipinski definition) is 4. The van der Waals surface area contributed by atoms with E-state index in [2.05, 4.69) is 31.1 Å². The second kappa shape index (κ2) is 5.94. The molecular weight excluding hydrogens is 232 g/mol. The van der Waals surface area contributed by atoms with Crippen molar-refractivity contribution in [1.29, 1.82) is 0 Å². The molecule has 1 N–H and O–H groups in total. The Morgan fingerprint density at radius 2 is 2.29 bits per heavy atom. The van der Waals surface area contributed by atoms with Crippen LogP contribution in [-0.4, -0.2) is 18.1 Å². The molecule has 3 nitrogen and oxygen atoms in total. The molecule has 1 aliphatic carbocycles. The van der Waals surface area contributed by atoms with Crippen LogP contribution in [0.4, 0.5) is 0 Å². The van der Waals surface area contributed by atoms with Crippen molar-refractivity contribution < 1.29 is 4.74 Å². The van der Waals surface area contributed by atoms with Crippen molar-refractivity contribution in [2.45, 2.75) is 45.8 Å². The van der Waals surface area contributed by atoms with Gasteiger partial charge in [0.05, 0.1) is 0 Å². The number of thiazole rings is 1. The van der Waals surface area contributed by atoms with E-state index in [4.69, 9.17) is 4.74 Å². The highest BCUT2D eigenvalue weighted by Crippen LogP contribution is 2.44. The number of nitrogens with one attached hydrogen (secondary N) is 1. The van der Waals surface area contributed by atoms with E-state index in [0.29, 0.717) is 12.0 Å². The van der Waals surface area contributed by atoms with E-state index in [1.165, 1.54) is 17.7 Å². The summed E-state index contributed by atoms with van der Waals surface area (Å²) >= 11 is 1.80. The minimum absolute atomic E-state index is 0.243. The highest BCUT2D eigenvalue weighted by molar-refractivity contribution is 7.11. The quantitative estimate of drug-likeness (QED) is 0.810. The Morgan fingerprint density at radius 3 is 2.88 bits per heavy atom. The molecule has 0 aromatic carbocycles. The van der Waals surface area contributed by atoms with Gasteiger partial charge in [-0.25, -0.2) is 4.98 Å². The first kappa shape index (κ1) is 13.0. The molecule has 96 valence electrons. The number of hydrogen-bond donors (Lipinski definition) is 1. The van der Waals surface area contributed by atoms with Gasteiger partial charge in [0.1, 0.15) is 11.1 Å². The van der Waals surface area contributed by atoms with Gasteiger partial charge in [-0.1, -0.05) is 6.92 Å². The maximum absolute atomic E-state index is 5.83. The summed E-state index contributed by atoms with van der Waals surface area (Å²) in [7, 11) is 0. The van der Waals surface area contributed by atoms with Crippen LogP contribution in [0.2, 0.25) is 0 Å². The molecule has 1 aromatic rings. The van der Waals surface area contributed by atoms with Crippen molar-refractivity contribution in [2.24, 2.45) is 5.92 Å². The fourth-order valence-electron chi connectivity index (χ4n) is 2.03. The maximum atomic E-state index is 5.83. The largest absolute Gasteiger partial charge is 0.371 e. The average molecular weight is 254 g/mol. The van der Waals surface area contributed by atoms with E-state index in [0.717, 1.165) is 18.2 Å². The van der Waals surface area contributed by atoms with Crippen LogP contribution in [0.3, 0.4) is 0 Å². The third-order valence-electron chi connectivity index (χ3n) is 3.12. The van der Waals surface area contributed by atoms with Crippen molar-refractivity contribution in [3.05, 3.63) is 16.1 Å². The van der Waals surface area contributed by atoms with E-state index < -0.39 is 0 Å². The Balaban J connectivity index is 2.04. The lowest BCUT2D eigenvalue weighted by molar-refractivity contribution is 0.0462. The van der Waals surface area contributed by atoms with Gasteiger partial charge in [0, 0.05) is 23.7 Å². The van der Waals surface area contributed by atoms with Crippen LogP contribution in [0, 0.1) is 5.92 Å². The highest BCUT2D eigenvalue weighted by Gasteiger charge is 2.34. The van der Waals surface area contributed by atoms with Crippen LogP contribution >= 0.6 is 11.3 Å². The number of aromatic nitrogens is 1. The van der Waals surface area contributed by atoms with E-state index >= 15 is 0 Å². The lowest BCUT2D eigenvalue weighted by Gasteiger charge is -2.13. The molecule has 4 heteroatoms. The molecule has 1 aromatic heterocycles. The predicted octanol–water partition coefficient (Wildman–Crippen LogP) is 3.30. The van der Waals surface area contributed by atoms with Gasteiger partial charge in [0.15, 0.2) is 0 Å². The van der Waals surface area contributed by atoms with Crippen LogP contribution in [0.1, 0.15) is 55.6 Å². The maximum Gasteiger partial charge on any atom is 0.122 e. The smallest absolute Gasteiger partial charge is 0.122 e. The Kier molecular flexibility index (Phi) is 4.54. The lowest BCUT2D eigenvalue weighted by Crippen LogP contribution is -2.16. The molecule has 1 heterocycles.